The number of hydrogen-bond acceptors (Lipinski definition) is 2. The third-order valence-corrected chi connectivity index (χ3v) is 5.21. The topological polar surface area (TPSA) is 65.2 Å². The fourth-order valence-electron chi connectivity index (χ4n) is 3.50. The van der Waals surface area contributed by atoms with Crippen molar-refractivity contribution in [3.05, 3.63) is 64.3 Å². The van der Waals surface area contributed by atoms with Gasteiger partial charge in [-0.25, -0.2) is 0 Å². The van der Waals surface area contributed by atoms with E-state index in [1.165, 1.54) is 0 Å². The normalized spacial score (nSPS) is 16.9. The number of nitrogens with zero attached hydrogens (tertiary/aromatic N) is 1. The highest BCUT2D eigenvalue weighted by molar-refractivity contribution is 6.35. The molecule has 5 nitrogen and oxygen atoms in total. The van der Waals surface area contributed by atoms with E-state index in [-0.39, 0.29) is 11.8 Å². The van der Waals surface area contributed by atoms with E-state index >= 15 is 0 Å². The Balaban J connectivity index is 1.55. The molecule has 0 saturated carbocycles. The maximum absolute atomic E-state index is 12.8. The van der Waals surface area contributed by atoms with Gasteiger partial charge in [-0.05, 0) is 36.2 Å². The van der Waals surface area contributed by atoms with Crippen molar-refractivity contribution in [2.24, 2.45) is 0 Å². The van der Waals surface area contributed by atoms with Crippen molar-refractivity contribution in [3.8, 4) is 0 Å². The number of rotatable bonds is 4. The highest BCUT2D eigenvalue weighted by atomic mass is 35.5. The lowest BCUT2D eigenvalue weighted by atomic mass is 10.1. The molecule has 1 atom stereocenters. The van der Waals surface area contributed by atoms with Crippen LogP contribution < -0.4 is 5.32 Å². The molecule has 138 valence electrons. The number of carbonyl (C=O) groups excluding carboxylic acids is 2. The Bertz CT molecular complexity index is 1010. The molecule has 2 N–H and O–H groups in total. The second-order valence-electron chi connectivity index (χ2n) is 6.58. The first-order valence-corrected chi connectivity index (χ1v) is 9.38. The van der Waals surface area contributed by atoms with Crippen LogP contribution in [0.3, 0.4) is 0 Å². The Labute approximate surface area is 166 Å². The number of nitrogens with one attached hydrogen (secondary N) is 2. The van der Waals surface area contributed by atoms with Gasteiger partial charge in [-0.1, -0.05) is 41.4 Å². The third-order valence-electron chi connectivity index (χ3n) is 4.78. The summed E-state index contributed by atoms with van der Waals surface area (Å²) < 4.78 is 0. The number of aromatic nitrogens is 1. The first-order valence-electron chi connectivity index (χ1n) is 8.63. The number of likely N-dealkylation sites (tertiary alicyclic amines) is 1. The molecular weight excluding hydrogens is 385 g/mol. The number of H-pyrrole nitrogens is 1. The molecule has 3 aromatic rings. The predicted octanol–water partition coefficient (Wildman–Crippen LogP) is 4.60. The van der Waals surface area contributed by atoms with Crippen LogP contribution in [-0.4, -0.2) is 27.7 Å². The Morgan fingerprint density at radius 2 is 1.93 bits per heavy atom. The van der Waals surface area contributed by atoms with Crippen molar-refractivity contribution in [2.75, 3.05) is 5.32 Å². The maximum Gasteiger partial charge on any atom is 0.247 e. The number of amides is 2. The first kappa shape index (κ1) is 17.9. The molecule has 0 bridgehead atoms. The number of benzene rings is 2. The van der Waals surface area contributed by atoms with Gasteiger partial charge in [0.2, 0.25) is 11.8 Å². The molecule has 2 heterocycles. The minimum Gasteiger partial charge on any atom is -0.361 e. The Morgan fingerprint density at radius 1 is 1.19 bits per heavy atom. The van der Waals surface area contributed by atoms with E-state index in [1.54, 1.807) is 23.1 Å². The van der Waals surface area contributed by atoms with Crippen molar-refractivity contribution in [2.45, 2.75) is 25.4 Å². The van der Waals surface area contributed by atoms with Crippen LogP contribution in [0.4, 0.5) is 5.69 Å². The van der Waals surface area contributed by atoms with Gasteiger partial charge in [0, 0.05) is 45.8 Å². The standard InChI is InChI=1S/C20H17Cl2N3O2/c21-13-7-14(22)9-15(8-13)24-20(27)18-5-6-19(26)25(18)11-12-10-23-17-4-2-1-3-16(12)17/h1-4,7-10,18,23H,5-6,11H2,(H,24,27). The van der Waals surface area contributed by atoms with E-state index in [1.807, 2.05) is 30.5 Å². The van der Waals surface area contributed by atoms with Gasteiger partial charge in [0.25, 0.3) is 0 Å². The smallest absolute Gasteiger partial charge is 0.247 e. The van der Waals surface area contributed by atoms with Crippen LogP contribution in [0, 0.1) is 0 Å². The van der Waals surface area contributed by atoms with Crippen LogP contribution in [-0.2, 0) is 16.1 Å². The summed E-state index contributed by atoms with van der Waals surface area (Å²) in [7, 11) is 0. The molecule has 0 radical (unpaired) electrons. The second-order valence-corrected chi connectivity index (χ2v) is 7.46. The molecule has 2 aromatic carbocycles. The average Bonchev–Trinajstić information content (AvgIpc) is 3.19. The quantitative estimate of drug-likeness (QED) is 0.670. The summed E-state index contributed by atoms with van der Waals surface area (Å²) in [6.45, 7) is 0.386. The summed E-state index contributed by atoms with van der Waals surface area (Å²) >= 11 is 12.0. The highest BCUT2D eigenvalue weighted by Crippen LogP contribution is 2.27. The number of anilines is 1. The number of hydrogen-bond donors (Lipinski definition) is 2. The zero-order chi connectivity index (χ0) is 19.0. The zero-order valence-electron chi connectivity index (χ0n) is 14.3. The summed E-state index contributed by atoms with van der Waals surface area (Å²) in [4.78, 5) is 30.0. The van der Waals surface area contributed by atoms with E-state index in [0.29, 0.717) is 35.1 Å². The number of aromatic amines is 1. The van der Waals surface area contributed by atoms with Crippen LogP contribution in [0.2, 0.25) is 10.0 Å². The van der Waals surface area contributed by atoms with Crippen molar-refractivity contribution in [1.82, 2.24) is 9.88 Å². The van der Waals surface area contributed by atoms with Gasteiger partial charge in [0.05, 0.1) is 0 Å². The SMILES string of the molecule is O=C(Nc1cc(Cl)cc(Cl)c1)C1CCC(=O)N1Cc1c[nH]c2ccccc12. The number of halogens is 2. The van der Waals surface area contributed by atoms with Crippen LogP contribution in [0.1, 0.15) is 18.4 Å². The fraction of sp³-hybridized carbons (Fsp3) is 0.200. The third kappa shape index (κ3) is 3.66. The average molecular weight is 402 g/mol. The van der Waals surface area contributed by atoms with E-state index in [2.05, 4.69) is 10.3 Å². The van der Waals surface area contributed by atoms with E-state index in [9.17, 15) is 9.59 Å². The van der Waals surface area contributed by atoms with Gasteiger partial charge in [-0.3, -0.25) is 9.59 Å². The van der Waals surface area contributed by atoms with Crippen molar-refractivity contribution in [1.29, 1.82) is 0 Å². The predicted molar refractivity (Wildman–Crippen MR) is 107 cm³/mol. The van der Waals surface area contributed by atoms with Gasteiger partial charge in [0.15, 0.2) is 0 Å². The van der Waals surface area contributed by atoms with E-state index in [4.69, 9.17) is 23.2 Å². The second kappa shape index (κ2) is 7.25. The summed E-state index contributed by atoms with van der Waals surface area (Å²) in [6.07, 6.45) is 2.74. The molecule has 0 aliphatic carbocycles. The summed E-state index contributed by atoms with van der Waals surface area (Å²) in [5.74, 6) is -0.261. The van der Waals surface area contributed by atoms with Crippen molar-refractivity contribution >= 4 is 51.6 Å². The van der Waals surface area contributed by atoms with E-state index in [0.717, 1.165) is 16.5 Å². The summed E-state index contributed by atoms with van der Waals surface area (Å²) in [6, 6.07) is 12.2. The summed E-state index contributed by atoms with van der Waals surface area (Å²) in [5.41, 5.74) is 2.52. The number of fused-ring (bicyclic) bond motifs is 1. The zero-order valence-corrected chi connectivity index (χ0v) is 15.8. The molecule has 1 saturated heterocycles. The van der Waals surface area contributed by atoms with Gasteiger partial charge >= 0.3 is 0 Å². The molecule has 1 aliphatic heterocycles. The molecule has 0 spiro atoms. The van der Waals surface area contributed by atoms with Gasteiger partial charge in [-0.15, -0.1) is 0 Å². The molecule has 1 aromatic heterocycles. The summed E-state index contributed by atoms with van der Waals surface area (Å²) in [5, 5.41) is 4.76. The van der Waals surface area contributed by atoms with Gasteiger partial charge in [0.1, 0.15) is 6.04 Å². The lowest BCUT2D eigenvalue weighted by molar-refractivity contribution is -0.133. The van der Waals surface area contributed by atoms with Crippen LogP contribution >= 0.6 is 23.2 Å². The molecule has 1 aliphatic rings. The van der Waals surface area contributed by atoms with E-state index < -0.39 is 6.04 Å². The van der Waals surface area contributed by atoms with Crippen molar-refractivity contribution < 1.29 is 9.59 Å². The molecule has 1 fully saturated rings. The minimum absolute atomic E-state index is 0.0236. The molecule has 27 heavy (non-hydrogen) atoms. The van der Waals surface area contributed by atoms with Gasteiger partial charge in [-0.2, -0.15) is 0 Å². The number of carbonyl (C=O) groups is 2. The lowest BCUT2D eigenvalue weighted by Crippen LogP contribution is -2.41. The Morgan fingerprint density at radius 3 is 2.70 bits per heavy atom. The molecular formula is C20H17Cl2N3O2. The first-order chi connectivity index (χ1) is 13.0. The highest BCUT2D eigenvalue weighted by Gasteiger charge is 2.36. The van der Waals surface area contributed by atoms with Crippen LogP contribution in [0.25, 0.3) is 10.9 Å². The van der Waals surface area contributed by atoms with Crippen LogP contribution in [0.5, 0.6) is 0 Å². The fourth-order valence-corrected chi connectivity index (χ4v) is 4.03. The van der Waals surface area contributed by atoms with Gasteiger partial charge < -0.3 is 15.2 Å². The Hall–Kier alpha value is -2.50. The number of para-hydroxylation sites is 1. The largest absolute Gasteiger partial charge is 0.361 e. The monoisotopic (exact) mass is 401 g/mol. The molecule has 1 unspecified atom stereocenters. The lowest BCUT2D eigenvalue weighted by Gasteiger charge is -2.24. The van der Waals surface area contributed by atoms with Crippen LogP contribution in [0.15, 0.2) is 48.7 Å². The molecule has 2 amide bonds. The minimum atomic E-state index is -0.524. The Kier molecular flexibility index (Phi) is 4.81. The molecule has 4 rings (SSSR count). The maximum atomic E-state index is 12.8. The molecule has 7 heteroatoms. The van der Waals surface area contributed by atoms with Crippen molar-refractivity contribution in [3.63, 3.8) is 0 Å².